The summed E-state index contributed by atoms with van der Waals surface area (Å²) in [7, 11) is -3.04. The van der Waals surface area contributed by atoms with Gasteiger partial charge in [0.05, 0.1) is 5.75 Å². The van der Waals surface area contributed by atoms with Crippen LogP contribution >= 0.6 is 0 Å². The van der Waals surface area contributed by atoms with Crippen LogP contribution in [0.15, 0.2) is 0 Å². The summed E-state index contributed by atoms with van der Waals surface area (Å²) in [6, 6.07) is 0.695. The van der Waals surface area contributed by atoms with Gasteiger partial charge >= 0.3 is 0 Å². The van der Waals surface area contributed by atoms with E-state index >= 15 is 0 Å². The van der Waals surface area contributed by atoms with Crippen LogP contribution in [0.1, 0.15) is 46.5 Å². The molecule has 2 unspecified atom stereocenters. The molecule has 0 aliphatic heterocycles. The van der Waals surface area contributed by atoms with Crippen molar-refractivity contribution in [2.75, 3.05) is 12.3 Å². The van der Waals surface area contributed by atoms with Crippen LogP contribution in [0.4, 0.5) is 0 Å². The highest BCUT2D eigenvalue weighted by Crippen LogP contribution is 2.33. The van der Waals surface area contributed by atoms with E-state index in [1.54, 1.807) is 0 Å². The fourth-order valence-electron chi connectivity index (χ4n) is 1.94. The van der Waals surface area contributed by atoms with Gasteiger partial charge in [-0.15, -0.1) is 0 Å². The van der Waals surface area contributed by atoms with E-state index in [0.717, 1.165) is 32.2 Å². The third-order valence-electron chi connectivity index (χ3n) is 3.17. The molecule has 0 aromatic carbocycles. The number of hydrogen-bond donors (Lipinski definition) is 2. The normalized spacial score (nSPS) is 24.2. The average Bonchev–Trinajstić information content (AvgIpc) is 2.94. The van der Waals surface area contributed by atoms with Crippen LogP contribution in [0.2, 0.25) is 0 Å². The molecule has 1 saturated carbocycles. The van der Waals surface area contributed by atoms with Gasteiger partial charge in [-0.2, -0.15) is 0 Å². The summed E-state index contributed by atoms with van der Waals surface area (Å²) in [5, 5.41) is 3.29. The van der Waals surface area contributed by atoms with Crippen LogP contribution in [0.25, 0.3) is 0 Å². The lowest BCUT2D eigenvalue weighted by molar-refractivity contribution is 0.553. The van der Waals surface area contributed by atoms with Crippen molar-refractivity contribution >= 4 is 10.0 Å². The van der Waals surface area contributed by atoms with Gasteiger partial charge in [-0.05, 0) is 31.7 Å². The highest BCUT2D eigenvalue weighted by Gasteiger charge is 2.37. The van der Waals surface area contributed by atoms with Crippen molar-refractivity contribution < 1.29 is 8.42 Å². The van der Waals surface area contributed by atoms with Crippen molar-refractivity contribution in [1.29, 1.82) is 0 Å². The zero-order chi connectivity index (χ0) is 12.9. The summed E-state index contributed by atoms with van der Waals surface area (Å²) in [4.78, 5) is 0. The summed E-state index contributed by atoms with van der Waals surface area (Å²) in [6.45, 7) is 7.19. The maximum atomic E-state index is 11.7. The molecule has 2 atom stereocenters. The third kappa shape index (κ3) is 6.38. The highest BCUT2D eigenvalue weighted by molar-refractivity contribution is 7.89. The molecule has 1 rings (SSSR count). The Morgan fingerprint density at radius 3 is 2.53 bits per heavy atom. The first kappa shape index (κ1) is 14.9. The second kappa shape index (κ2) is 6.71. The Morgan fingerprint density at radius 1 is 1.29 bits per heavy atom. The molecular formula is C12H26N2O2S. The summed E-state index contributed by atoms with van der Waals surface area (Å²) >= 11 is 0. The second-order valence-electron chi connectivity index (χ2n) is 5.26. The zero-order valence-corrected chi connectivity index (χ0v) is 12.0. The lowest BCUT2D eigenvalue weighted by Crippen LogP contribution is -2.30. The second-order valence-corrected chi connectivity index (χ2v) is 7.14. The Bertz CT molecular complexity index is 314. The predicted molar refractivity (Wildman–Crippen MR) is 71.5 cm³/mol. The van der Waals surface area contributed by atoms with Crippen molar-refractivity contribution in [3.63, 3.8) is 0 Å². The lowest BCUT2D eigenvalue weighted by atomic mass is 10.3. The maximum absolute atomic E-state index is 11.7. The molecule has 0 aromatic rings. The maximum Gasteiger partial charge on any atom is 0.211 e. The van der Waals surface area contributed by atoms with Gasteiger partial charge in [0.15, 0.2) is 0 Å². The minimum absolute atomic E-state index is 0.221. The molecule has 1 fully saturated rings. The minimum Gasteiger partial charge on any atom is -0.315 e. The number of unbranched alkanes of at least 4 members (excludes halogenated alkanes) is 1. The first-order valence-electron chi connectivity index (χ1n) is 6.68. The Morgan fingerprint density at radius 2 is 2.00 bits per heavy atom. The molecular weight excluding hydrogens is 236 g/mol. The van der Waals surface area contributed by atoms with Crippen LogP contribution < -0.4 is 10.0 Å². The molecule has 2 N–H and O–H groups in total. The monoisotopic (exact) mass is 262 g/mol. The summed E-state index contributed by atoms with van der Waals surface area (Å²) in [6.07, 6.45) is 3.75. The van der Waals surface area contributed by atoms with Gasteiger partial charge < -0.3 is 5.32 Å². The van der Waals surface area contributed by atoms with E-state index in [9.17, 15) is 8.42 Å². The van der Waals surface area contributed by atoms with E-state index in [4.69, 9.17) is 0 Å². The van der Waals surface area contributed by atoms with Crippen molar-refractivity contribution in [3.8, 4) is 0 Å². The quantitative estimate of drug-likeness (QED) is 0.619. The standard InChI is InChI=1S/C12H26N2O2S/c1-4-11-9-12(11)14-17(15,16)8-6-5-7-13-10(2)3/h10-14H,4-9H2,1-3H3. The molecule has 1 aliphatic carbocycles. The summed E-state index contributed by atoms with van der Waals surface area (Å²) in [5.41, 5.74) is 0. The zero-order valence-electron chi connectivity index (χ0n) is 11.2. The summed E-state index contributed by atoms with van der Waals surface area (Å²) in [5.74, 6) is 0.840. The summed E-state index contributed by atoms with van der Waals surface area (Å²) < 4.78 is 26.2. The Kier molecular flexibility index (Phi) is 5.89. The topological polar surface area (TPSA) is 58.2 Å². The lowest BCUT2D eigenvalue weighted by Gasteiger charge is -2.08. The van der Waals surface area contributed by atoms with E-state index < -0.39 is 10.0 Å². The van der Waals surface area contributed by atoms with Crippen LogP contribution in [0.3, 0.4) is 0 Å². The van der Waals surface area contributed by atoms with E-state index in [-0.39, 0.29) is 11.8 Å². The molecule has 102 valence electrons. The fraction of sp³-hybridized carbons (Fsp3) is 1.00. The van der Waals surface area contributed by atoms with Crippen LogP contribution in [-0.4, -0.2) is 32.8 Å². The van der Waals surface area contributed by atoms with Crippen molar-refractivity contribution in [2.45, 2.75) is 58.5 Å². The molecule has 5 heteroatoms. The molecule has 4 nitrogen and oxygen atoms in total. The molecule has 0 saturated heterocycles. The first-order chi connectivity index (χ1) is 7.94. The van der Waals surface area contributed by atoms with Gasteiger partial charge in [-0.25, -0.2) is 13.1 Å². The number of hydrogen-bond acceptors (Lipinski definition) is 3. The average molecular weight is 262 g/mol. The smallest absolute Gasteiger partial charge is 0.211 e. The van der Waals surface area contributed by atoms with E-state index in [2.05, 4.69) is 30.8 Å². The molecule has 0 spiro atoms. The Labute approximate surface area is 106 Å². The van der Waals surface area contributed by atoms with E-state index in [1.807, 2.05) is 0 Å². The molecule has 0 radical (unpaired) electrons. The van der Waals surface area contributed by atoms with E-state index in [1.165, 1.54) is 0 Å². The molecule has 0 amide bonds. The predicted octanol–water partition coefficient (Wildman–Crippen LogP) is 1.48. The Hall–Kier alpha value is -0.130. The van der Waals surface area contributed by atoms with Gasteiger partial charge in [0.2, 0.25) is 10.0 Å². The largest absolute Gasteiger partial charge is 0.315 e. The number of nitrogens with one attached hydrogen (secondary N) is 2. The van der Waals surface area contributed by atoms with Crippen LogP contribution in [0, 0.1) is 5.92 Å². The molecule has 0 bridgehead atoms. The van der Waals surface area contributed by atoms with Crippen molar-refractivity contribution in [3.05, 3.63) is 0 Å². The van der Waals surface area contributed by atoms with Gasteiger partial charge in [0, 0.05) is 12.1 Å². The van der Waals surface area contributed by atoms with Crippen molar-refractivity contribution in [1.82, 2.24) is 10.0 Å². The number of sulfonamides is 1. The molecule has 0 aromatic heterocycles. The van der Waals surface area contributed by atoms with E-state index in [0.29, 0.717) is 12.0 Å². The highest BCUT2D eigenvalue weighted by atomic mass is 32.2. The minimum atomic E-state index is -3.04. The van der Waals surface area contributed by atoms with Crippen LogP contribution in [-0.2, 0) is 10.0 Å². The molecule has 17 heavy (non-hydrogen) atoms. The van der Waals surface area contributed by atoms with Gasteiger partial charge in [-0.3, -0.25) is 0 Å². The van der Waals surface area contributed by atoms with Gasteiger partial charge in [0.25, 0.3) is 0 Å². The van der Waals surface area contributed by atoms with Gasteiger partial charge in [0.1, 0.15) is 0 Å². The van der Waals surface area contributed by atoms with Crippen molar-refractivity contribution in [2.24, 2.45) is 5.92 Å². The molecule has 1 aliphatic rings. The SMILES string of the molecule is CCC1CC1NS(=O)(=O)CCCCNC(C)C. The van der Waals surface area contributed by atoms with Crippen LogP contribution in [0.5, 0.6) is 0 Å². The third-order valence-corrected chi connectivity index (χ3v) is 4.66. The first-order valence-corrected chi connectivity index (χ1v) is 8.33. The molecule has 0 heterocycles. The fourth-order valence-corrected chi connectivity index (χ4v) is 3.39. The van der Waals surface area contributed by atoms with Gasteiger partial charge in [-0.1, -0.05) is 27.2 Å². The number of rotatable bonds is 9. The Balaban J connectivity index is 2.09.